The molecule has 1 aromatic carbocycles. The van der Waals surface area contributed by atoms with Gasteiger partial charge in [0.05, 0.1) is 0 Å². The van der Waals surface area contributed by atoms with Gasteiger partial charge in [0.25, 0.3) is 0 Å². The van der Waals surface area contributed by atoms with Gasteiger partial charge in [-0.3, -0.25) is 9.59 Å². The number of carbonyl (C=O) groups excluding carboxylic acids is 2. The number of allylic oxidation sites excluding steroid dienone is 4. The van der Waals surface area contributed by atoms with Gasteiger partial charge in [0.1, 0.15) is 5.60 Å². The standard InChI is InChI=1S/C32H41NO3/c1-21(34)32(36-3)16-15-29-27-13-9-23-19-25(35)12-14-26(23)30(27)28(20-31(29,32)2)22-7-10-24(11-8-22)33-17-5-4-6-18-33/h7-8,10-11,19,27-29H,4-6,9,12-18,20H2,1-3H3/t27-,28+,29-,31-,32-/m0/s1. The molecule has 0 bridgehead atoms. The molecule has 0 radical (unpaired) electrons. The fourth-order valence-corrected chi connectivity index (χ4v) is 9.07. The van der Waals surface area contributed by atoms with E-state index in [-0.39, 0.29) is 22.9 Å². The monoisotopic (exact) mass is 487 g/mol. The summed E-state index contributed by atoms with van der Waals surface area (Å²) < 4.78 is 6.19. The molecule has 1 aliphatic heterocycles. The fraction of sp³-hybridized carbons (Fsp3) is 0.625. The minimum Gasteiger partial charge on any atom is -0.372 e. The molecular weight excluding hydrogens is 446 g/mol. The molecule has 4 nitrogen and oxygen atoms in total. The molecule has 3 fully saturated rings. The molecule has 0 spiro atoms. The summed E-state index contributed by atoms with van der Waals surface area (Å²) in [7, 11) is 1.75. The summed E-state index contributed by atoms with van der Waals surface area (Å²) in [5.74, 6) is 1.65. The van der Waals surface area contributed by atoms with Crippen LogP contribution in [0.4, 0.5) is 5.69 Å². The fourth-order valence-electron chi connectivity index (χ4n) is 9.07. The van der Waals surface area contributed by atoms with E-state index in [1.807, 2.05) is 6.08 Å². The molecule has 5 aliphatic rings. The van der Waals surface area contributed by atoms with Gasteiger partial charge in [0.15, 0.2) is 11.6 Å². The molecule has 4 heteroatoms. The molecule has 1 heterocycles. The number of benzene rings is 1. The Hall–Kier alpha value is -2.20. The zero-order valence-electron chi connectivity index (χ0n) is 22.3. The number of ketones is 2. The van der Waals surface area contributed by atoms with Gasteiger partial charge in [-0.15, -0.1) is 0 Å². The van der Waals surface area contributed by atoms with E-state index in [1.54, 1.807) is 19.6 Å². The van der Waals surface area contributed by atoms with Gasteiger partial charge in [-0.2, -0.15) is 0 Å². The number of carbonyl (C=O) groups is 2. The Kier molecular flexibility index (Phi) is 6.02. The number of hydrogen-bond donors (Lipinski definition) is 0. The number of Topliss-reactive ketones (excluding diaryl/α,β-unsaturated/α-hetero) is 1. The van der Waals surface area contributed by atoms with Crippen LogP contribution in [0, 0.1) is 17.3 Å². The lowest BCUT2D eigenvalue weighted by molar-refractivity contribution is -0.160. The van der Waals surface area contributed by atoms with E-state index in [2.05, 4.69) is 36.1 Å². The number of nitrogens with zero attached hydrogens (tertiary/aromatic N) is 1. The lowest BCUT2D eigenvalue weighted by Gasteiger charge is -2.55. The second kappa shape index (κ2) is 8.97. The average molecular weight is 488 g/mol. The summed E-state index contributed by atoms with van der Waals surface area (Å²) in [5.41, 5.74) is 6.15. The van der Waals surface area contributed by atoms with Gasteiger partial charge in [-0.05, 0) is 111 Å². The van der Waals surface area contributed by atoms with Gasteiger partial charge < -0.3 is 9.64 Å². The number of hydrogen-bond acceptors (Lipinski definition) is 4. The first-order chi connectivity index (χ1) is 17.4. The lowest BCUT2D eigenvalue weighted by Crippen LogP contribution is -2.56. The van der Waals surface area contributed by atoms with Crippen LogP contribution in [0.3, 0.4) is 0 Å². The van der Waals surface area contributed by atoms with E-state index in [9.17, 15) is 9.59 Å². The third-order valence-corrected chi connectivity index (χ3v) is 10.8. The molecule has 0 aromatic heterocycles. The molecule has 36 heavy (non-hydrogen) atoms. The first-order valence-corrected chi connectivity index (χ1v) is 14.3. The quantitative estimate of drug-likeness (QED) is 0.483. The summed E-state index contributed by atoms with van der Waals surface area (Å²) in [6.07, 6.45) is 12.2. The van der Waals surface area contributed by atoms with Crippen molar-refractivity contribution >= 4 is 17.3 Å². The highest BCUT2D eigenvalue weighted by Gasteiger charge is 2.65. The highest BCUT2D eigenvalue weighted by molar-refractivity contribution is 5.93. The summed E-state index contributed by atoms with van der Waals surface area (Å²) in [6, 6.07) is 9.35. The molecule has 2 saturated carbocycles. The van der Waals surface area contributed by atoms with Gasteiger partial charge in [-0.25, -0.2) is 0 Å². The Morgan fingerprint density at radius 1 is 1.03 bits per heavy atom. The zero-order valence-corrected chi connectivity index (χ0v) is 22.3. The van der Waals surface area contributed by atoms with Crippen molar-refractivity contribution in [3.8, 4) is 0 Å². The third kappa shape index (κ3) is 3.50. The Labute approximate surface area is 216 Å². The third-order valence-electron chi connectivity index (χ3n) is 10.8. The van der Waals surface area contributed by atoms with Crippen LogP contribution >= 0.6 is 0 Å². The maximum atomic E-state index is 13.2. The number of rotatable bonds is 4. The molecular formula is C32H41NO3. The normalized spacial score (nSPS) is 36.2. The van der Waals surface area contributed by atoms with Crippen molar-refractivity contribution < 1.29 is 14.3 Å². The largest absolute Gasteiger partial charge is 0.372 e. The van der Waals surface area contributed by atoms with Gasteiger partial charge in [0, 0.05) is 43.6 Å². The Balaban J connectivity index is 1.45. The van der Waals surface area contributed by atoms with Crippen molar-refractivity contribution in [3.63, 3.8) is 0 Å². The van der Waals surface area contributed by atoms with E-state index in [1.165, 1.54) is 41.7 Å². The first-order valence-electron chi connectivity index (χ1n) is 14.3. The van der Waals surface area contributed by atoms with E-state index in [0.29, 0.717) is 18.3 Å². The molecule has 192 valence electrons. The number of methoxy groups -OCH3 is 1. The molecule has 1 saturated heterocycles. The number of anilines is 1. The summed E-state index contributed by atoms with van der Waals surface area (Å²) >= 11 is 0. The molecule has 4 aliphatic carbocycles. The minimum atomic E-state index is -0.696. The summed E-state index contributed by atoms with van der Waals surface area (Å²) in [4.78, 5) is 28.0. The highest BCUT2D eigenvalue weighted by atomic mass is 16.5. The second-order valence-electron chi connectivity index (χ2n) is 12.3. The highest BCUT2D eigenvalue weighted by Crippen LogP contribution is 2.67. The number of piperidine rings is 1. The zero-order chi connectivity index (χ0) is 25.1. The maximum absolute atomic E-state index is 13.2. The van der Waals surface area contributed by atoms with Crippen LogP contribution < -0.4 is 4.90 Å². The summed E-state index contributed by atoms with van der Waals surface area (Å²) in [5, 5.41) is 0. The van der Waals surface area contributed by atoms with Gasteiger partial charge in [-0.1, -0.05) is 24.6 Å². The van der Waals surface area contributed by atoms with Crippen molar-refractivity contribution in [2.45, 2.75) is 89.6 Å². The Morgan fingerprint density at radius 2 is 1.78 bits per heavy atom. The topological polar surface area (TPSA) is 46.6 Å². The summed E-state index contributed by atoms with van der Waals surface area (Å²) in [6.45, 7) is 6.39. The van der Waals surface area contributed by atoms with Gasteiger partial charge in [0.2, 0.25) is 0 Å². The predicted molar refractivity (Wildman–Crippen MR) is 143 cm³/mol. The van der Waals surface area contributed by atoms with Crippen molar-refractivity contribution in [3.05, 3.63) is 52.6 Å². The van der Waals surface area contributed by atoms with E-state index in [0.717, 1.165) is 51.6 Å². The van der Waals surface area contributed by atoms with Crippen molar-refractivity contribution in [2.24, 2.45) is 17.3 Å². The van der Waals surface area contributed by atoms with Crippen LogP contribution in [0.1, 0.15) is 89.5 Å². The van der Waals surface area contributed by atoms with Crippen LogP contribution in [0.5, 0.6) is 0 Å². The van der Waals surface area contributed by atoms with Crippen molar-refractivity contribution in [1.82, 2.24) is 0 Å². The van der Waals surface area contributed by atoms with Crippen LogP contribution in [0.15, 0.2) is 47.1 Å². The van der Waals surface area contributed by atoms with E-state index in [4.69, 9.17) is 4.74 Å². The smallest absolute Gasteiger partial charge is 0.162 e. The lowest BCUT2D eigenvalue weighted by atomic mass is 9.50. The SMILES string of the molecule is CO[C@]1(C(C)=O)CC[C@H]2[C@@H]3CCC4=CC(=O)CCC4=C3[C@@H](c3ccc(N4CCCCC4)cc3)C[C@@]21C. The van der Waals surface area contributed by atoms with Crippen LogP contribution in [-0.2, 0) is 14.3 Å². The molecule has 0 amide bonds. The number of ether oxygens (including phenoxy) is 1. The van der Waals surface area contributed by atoms with Crippen molar-refractivity contribution in [1.29, 1.82) is 0 Å². The second-order valence-corrected chi connectivity index (χ2v) is 12.3. The van der Waals surface area contributed by atoms with E-state index >= 15 is 0 Å². The molecule has 5 atom stereocenters. The number of fused-ring (bicyclic) bond motifs is 4. The Bertz CT molecular complexity index is 1120. The maximum Gasteiger partial charge on any atom is 0.162 e. The molecule has 6 rings (SSSR count). The molecule has 0 N–H and O–H groups in total. The van der Waals surface area contributed by atoms with Crippen molar-refractivity contribution in [2.75, 3.05) is 25.1 Å². The van der Waals surface area contributed by atoms with Gasteiger partial charge >= 0.3 is 0 Å². The Morgan fingerprint density at radius 3 is 2.47 bits per heavy atom. The van der Waals surface area contributed by atoms with Crippen LogP contribution in [0.25, 0.3) is 0 Å². The first kappa shape index (κ1) is 24.2. The average Bonchev–Trinajstić information content (AvgIpc) is 3.21. The van der Waals surface area contributed by atoms with Crippen LogP contribution in [-0.4, -0.2) is 37.4 Å². The predicted octanol–water partition coefficient (Wildman–Crippen LogP) is 6.55. The van der Waals surface area contributed by atoms with Crippen LogP contribution in [0.2, 0.25) is 0 Å². The minimum absolute atomic E-state index is 0.185. The van der Waals surface area contributed by atoms with E-state index < -0.39 is 5.60 Å². The molecule has 0 unspecified atom stereocenters. The molecule has 1 aromatic rings.